The number of anilines is 1. The summed E-state index contributed by atoms with van der Waals surface area (Å²) in [6.45, 7) is 3.77. The maximum atomic E-state index is 12.8. The Hall–Kier alpha value is -2.37. The molecule has 0 saturated heterocycles. The van der Waals surface area contributed by atoms with Gasteiger partial charge in [-0.05, 0) is 19.1 Å². The summed E-state index contributed by atoms with van der Waals surface area (Å²) in [7, 11) is 1.66. The van der Waals surface area contributed by atoms with E-state index in [0.717, 1.165) is 5.56 Å². The number of quaternary nitrogens is 1. The van der Waals surface area contributed by atoms with Crippen LogP contribution in [-0.2, 0) is 9.53 Å². The number of rotatable bonds is 9. The summed E-state index contributed by atoms with van der Waals surface area (Å²) in [6, 6.07) is 16.9. The number of ether oxygens (including phenoxy) is 2. The van der Waals surface area contributed by atoms with E-state index in [1.54, 1.807) is 7.11 Å². The van der Waals surface area contributed by atoms with Gasteiger partial charge in [-0.2, -0.15) is 0 Å². The van der Waals surface area contributed by atoms with Crippen LogP contribution >= 0.6 is 0 Å². The topological polar surface area (TPSA) is 64.2 Å². The van der Waals surface area contributed by atoms with Gasteiger partial charge in [0.25, 0.3) is 5.91 Å². The van der Waals surface area contributed by atoms with Gasteiger partial charge < -0.3 is 20.1 Å². The summed E-state index contributed by atoms with van der Waals surface area (Å²) in [6.07, 6.45) is 0. The van der Waals surface area contributed by atoms with Gasteiger partial charge in [-0.3, -0.25) is 4.79 Å². The molecule has 0 aliphatic heterocycles. The summed E-state index contributed by atoms with van der Waals surface area (Å²) in [5, 5.41) is 4.97. The maximum Gasteiger partial charge on any atom is 0.287 e. The quantitative estimate of drug-likeness (QED) is 0.692. The van der Waals surface area contributed by atoms with E-state index < -0.39 is 0 Å². The van der Waals surface area contributed by atoms with Crippen LogP contribution in [0, 0.1) is 0 Å². The molecule has 0 saturated carbocycles. The van der Waals surface area contributed by atoms with E-state index in [1.165, 1.54) is 0 Å². The smallest absolute Gasteiger partial charge is 0.287 e. The Morgan fingerprint density at radius 3 is 2.54 bits per heavy atom. The van der Waals surface area contributed by atoms with Gasteiger partial charge in [-0.1, -0.05) is 42.5 Å². The molecule has 0 aliphatic carbocycles. The molecular formula is C19H25N2O3+. The predicted octanol–water partition coefficient (Wildman–Crippen LogP) is 1.97. The van der Waals surface area contributed by atoms with Crippen molar-refractivity contribution in [1.82, 2.24) is 0 Å². The van der Waals surface area contributed by atoms with Crippen molar-refractivity contribution in [2.24, 2.45) is 0 Å². The lowest BCUT2D eigenvalue weighted by Gasteiger charge is -2.17. The lowest BCUT2D eigenvalue weighted by Crippen LogP contribution is -2.88. The van der Waals surface area contributed by atoms with Crippen LogP contribution < -0.4 is 15.4 Å². The van der Waals surface area contributed by atoms with Gasteiger partial charge in [-0.25, -0.2) is 0 Å². The number of amides is 1. The minimum absolute atomic E-state index is 0.0792. The van der Waals surface area contributed by atoms with E-state index in [9.17, 15) is 4.79 Å². The van der Waals surface area contributed by atoms with Gasteiger partial charge in [-0.15, -0.1) is 0 Å². The minimum atomic E-state index is -0.337. The molecule has 0 bridgehead atoms. The summed E-state index contributed by atoms with van der Waals surface area (Å²) < 4.78 is 10.7. The van der Waals surface area contributed by atoms with Gasteiger partial charge in [0.15, 0.2) is 6.04 Å². The fourth-order valence-electron chi connectivity index (χ4n) is 2.47. The van der Waals surface area contributed by atoms with Gasteiger partial charge in [0.05, 0.1) is 18.9 Å². The Bertz CT molecular complexity index is 632. The third-order valence-electron chi connectivity index (χ3n) is 3.61. The molecule has 2 aromatic carbocycles. The fourth-order valence-corrected chi connectivity index (χ4v) is 2.47. The first-order chi connectivity index (χ1) is 11.8. The summed E-state index contributed by atoms with van der Waals surface area (Å²) >= 11 is 0. The second-order valence-corrected chi connectivity index (χ2v) is 5.32. The van der Waals surface area contributed by atoms with E-state index in [2.05, 4.69) is 5.32 Å². The second kappa shape index (κ2) is 9.70. The molecule has 0 heterocycles. The van der Waals surface area contributed by atoms with Crippen molar-refractivity contribution >= 4 is 11.6 Å². The van der Waals surface area contributed by atoms with E-state index in [1.807, 2.05) is 66.8 Å². The summed E-state index contributed by atoms with van der Waals surface area (Å²) in [5.41, 5.74) is 1.64. The number of methoxy groups -OCH3 is 1. The first kappa shape index (κ1) is 18.0. The summed E-state index contributed by atoms with van der Waals surface area (Å²) in [5.74, 6) is 0.599. The molecule has 5 nitrogen and oxygen atoms in total. The van der Waals surface area contributed by atoms with E-state index in [4.69, 9.17) is 9.47 Å². The third-order valence-corrected chi connectivity index (χ3v) is 3.61. The van der Waals surface area contributed by atoms with E-state index in [-0.39, 0.29) is 11.9 Å². The van der Waals surface area contributed by atoms with Gasteiger partial charge in [0.2, 0.25) is 0 Å². The highest BCUT2D eigenvalue weighted by Gasteiger charge is 2.24. The zero-order valence-corrected chi connectivity index (χ0v) is 14.2. The van der Waals surface area contributed by atoms with Gasteiger partial charge in [0, 0.05) is 12.7 Å². The highest BCUT2D eigenvalue weighted by molar-refractivity contribution is 5.95. The average Bonchev–Trinajstić information content (AvgIpc) is 2.61. The lowest BCUT2D eigenvalue weighted by molar-refractivity contribution is -0.683. The number of carbonyl (C=O) groups excluding carboxylic acids is 1. The lowest BCUT2D eigenvalue weighted by atomic mass is 10.1. The Kier molecular flexibility index (Phi) is 7.26. The number of nitrogens with one attached hydrogen (secondary N) is 1. The third kappa shape index (κ3) is 5.08. The van der Waals surface area contributed by atoms with Crippen molar-refractivity contribution in [3.05, 3.63) is 60.2 Å². The molecule has 1 atom stereocenters. The first-order valence-corrected chi connectivity index (χ1v) is 8.16. The molecule has 24 heavy (non-hydrogen) atoms. The monoisotopic (exact) mass is 329 g/mol. The predicted molar refractivity (Wildman–Crippen MR) is 94.1 cm³/mol. The van der Waals surface area contributed by atoms with Crippen LogP contribution in [0.15, 0.2) is 54.6 Å². The fraction of sp³-hybridized carbons (Fsp3) is 0.316. The van der Waals surface area contributed by atoms with Crippen molar-refractivity contribution in [2.45, 2.75) is 13.0 Å². The van der Waals surface area contributed by atoms with Crippen molar-refractivity contribution in [2.75, 3.05) is 32.2 Å². The Morgan fingerprint density at radius 1 is 1.12 bits per heavy atom. The van der Waals surface area contributed by atoms with Crippen molar-refractivity contribution in [1.29, 1.82) is 0 Å². The van der Waals surface area contributed by atoms with Crippen molar-refractivity contribution < 1.29 is 19.6 Å². The molecule has 3 N–H and O–H groups in total. The van der Waals surface area contributed by atoms with Crippen molar-refractivity contribution in [3.63, 3.8) is 0 Å². The maximum absolute atomic E-state index is 12.8. The van der Waals surface area contributed by atoms with E-state index >= 15 is 0 Å². The summed E-state index contributed by atoms with van der Waals surface area (Å²) in [4.78, 5) is 12.8. The molecule has 5 heteroatoms. The number of para-hydroxylation sites is 2. The van der Waals surface area contributed by atoms with Gasteiger partial charge in [0.1, 0.15) is 12.3 Å². The van der Waals surface area contributed by atoms with Crippen LogP contribution in [0.2, 0.25) is 0 Å². The zero-order chi connectivity index (χ0) is 17.2. The van der Waals surface area contributed by atoms with E-state index in [0.29, 0.717) is 31.2 Å². The molecule has 128 valence electrons. The Balaban J connectivity index is 2.15. The largest absolute Gasteiger partial charge is 0.492 e. The molecular weight excluding hydrogens is 304 g/mol. The van der Waals surface area contributed by atoms with Crippen molar-refractivity contribution in [3.8, 4) is 5.75 Å². The number of hydrogen-bond donors (Lipinski definition) is 2. The molecule has 2 rings (SSSR count). The second-order valence-electron chi connectivity index (χ2n) is 5.32. The number of carbonyl (C=O) groups is 1. The molecule has 0 fully saturated rings. The molecule has 0 unspecified atom stereocenters. The number of hydrogen-bond acceptors (Lipinski definition) is 3. The minimum Gasteiger partial charge on any atom is -0.492 e. The van der Waals surface area contributed by atoms with Gasteiger partial charge >= 0.3 is 0 Å². The van der Waals surface area contributed by atoms with Crippen LogP contribution in [0.5, 0.6) is 5.75 Å². The average molecular weight is 329 g/mol. The highest BCUT2D eigenvalue weighted by atomic mass is 16.5. The zero-order valence-electron chi connectivity index (χ0n) is 14.2. The molecule has 0 aliphatic rings. The number of nitrogens with two attached hydrogens (primary N) is 1. The van der Waals surface area contributed by atoms with Crippen LogP contribution in [0.3, 0.4) is 0 Å². The first-order valence-electron chi connectivity index (χ1n) is 8.16. The molecule has 0 aromatic heterocycles. The van der Waals surface area contributed by atoms with Crippen LogP contribution in [0.1, 0.15) is 18.5 Å². The number of benzene rings is 2. The van der Waals surface area contributed by atoms with Crippen LogP contribution in [0.25, 0.3) is 0 Å². The van der Waals surface area contributed by atoms with Crippen LogP contribution in [-0.4, -0.2) is 32.8 Å². The molecule has 0 spiro atoms. The molecule has 2 aromatic rings. The molecule has 0 radical (unpaired) electrons. The standard InChI is InChI=1S/C19H24N2O3/c1-3-24-17-12-8-7-11-16(17)21-19(22)18(20-13-14-23-2)15-9-5-4-6-10-15/h4-12,18,20H,3,13-14H2,1-2H3,(H,21,22)/p+1/t18-/m0/s1. The molecule has 1 amide bonds. The highest BCUT2D eigenvalue weighted by Crippen LogP contribution is 2.24. The Morgan fingerprint density at radius 2 is 1.83 bits per heavy atom. The Labute approximate surface area is 143 Å². The van der Waals surface area contributed by atoms with Crippen LogP contribution in [0.4, 0.5) is 5.69 Å². The normalized spacial score (nSPS) is 11.8. The SMILES string of the molecule is CCOc1ccccc1NC(=O)[C@@H]([NH2+]CCOC)c1ccccc1.